The quantitative estimate of drug-likeness (QED) is 0.361. The summed E-state index contributed by atoms with van der Waals surface area (Å²) in [5.74, 6) is 1.07. The van der Waals surface area contributed by atoms with E-state index in [0.717, 1.165) is 45.9 Å². The maximum atomic E-state index is 11.8. The van der Waals surface area contributed by atoms with Gasteiger partial charge in [0.2, 0.25) is 18.6 Å². The molecule has 2 N–H and O–H groups in total. The summed E-state index contributed by atoms with van der Waals surface area (Å²) in [5.41, 5.74) is 7.75. The summed E-state index contributed by atoms with van der Waals surface area (Å²) in [6.45, 7) is 2.13. The average molecular weight is 376 g/mol. The molecule has 0 aromatic heterocycles. The van der Waals surface area contributed by atoms with Crippen molar-refractivity contribution in [3.05, 3.63) is 23.8 Å². The van der Waals surface area contributed by atoms with Crippen LogP contribution in [0.3, 0.4) is 0 Å². The number of carbonyl (C=O) groups excluding carboxylic acids is 2. The van der Waals surface area contributed by atoms with Crippen LogP contribution in [0.4, 0.5) is 0 Å². The molecule has 2 aliphatic rings. The Labute approximate surface area is 155 Å². The number of aryl methyl sites for hydroxylation is 1. The number of hydrogen-bond donors (Lipinski definition) is 1. The van der Waals surface area contributed by atoms with Crippen LogP contribution >= 0.6 is 11.8 Å². The van der Waals surface area contributed by atoms with Crippen molar-refractivity contribution in [2.24, 2.45) is 15.9 Å². The molecule has 138 valence electrons. The van der Waals surface area contributed by atoms with Crippen LogP contribution in [0.15, 0.2) is 28.4 Å². The Morgan fingerprint density at radius 2 is 2.08 bits per heavy atom. The Morgan fingerprint density at radius 1 is 1.31 bits per heavy atom. The molecular weight excluding hydrogens is 356 g/mol. The summed E-state index contributed by atoms with van der Waals surface area (Å²) in [6.07, 6.45) is 1.64. The molecule has 0 aliphatic carbocycles. The molecule has 1 atom stereocenters. The highest BCUT2D eigenvalue weighted by Crippen LogP contribution is 2.32. The first-order valence-electron chi connectivity index (χ1n) is 8.16. The van der Waals surface area contributed by atoms with E-state index >= 15 is 0 Å². The number of hydrogen-bond acceptors (Lipinski definition) is 7. The minimum Gasteiger partial charge on any atom is -0.454 e. The van der Waals surface area contributed by atoms with Crippen LogP contribution in [0.1, 0.15) is 25.3 Å². The van der Waals surface area contributed by atoms with Gasteiger partial charge in [-0.2, -0.15) is 5.10 Å². The topological polar surface area (TPSA) is 107 Å². The van der Waals surface area contributed by atoms with Gasteiger partial charge in [-0.25, -0.2) is 0 Å². The SMILES string of the molecule is C/C(CCc1ccc2c(c1)OCO2)=N/N=C(N)S[C@H]1CC(=O)N(C)C1=O. The molecule has 0 bridgehead atoms. The number of nitrogens with two attached hydrogens (primary N) is 1. The van der Waals surface area contributed by atoms with Gasteiger partial charge in [-0.3, -0.25) is 14.5 Å². The fourth-order valence-corrected chi connectivity index (χ4v) is 3.45. The molecular formula is C17H20N4O4S. The van der Waals surface area contributed by atoms with Gasteiger partial charge in [-0.15, -0.1) is 5.10 Å². The second-order valence-electron chi connectivity index (χ2n) is 6.06. The molecule has 2 heterocycles. The number of carbonyl (C=O) groups is 2. The first-order valence-corrected chi connectivity index (χ1v) is 9.04. The number of fused-ring (bicyclic) bond motifs is 1. The van der Waals surface area contributed by atoms with E-state index in [-0.39, 0.29) is 30.2 Å². The molecule has 1 aromatic rings. The van der Waals surface area contributed by atoms with E-state index in [9.17, 15) is 9.59 Å². The normalized spacial score (nSPS) is 20.2. The lowest BCUT2D eigenvalue weighted by Gasteiger charge is -2.07. The summed E-state index contributed by atoms with van der Waals surface area (Å²) in [5, 5.41) is 7.73. The molecule has 1 saturated heterocycles. The first kappa shape index (κ1) is 18.2. The van der Waals surface area contributed by atoms with E-state index in [0.29, 0.717) is 6.42 Å². The minimum absolute atomic E-state index is 0.142. The van der Waals surface area contributed by atoms with Crippen molar-refractivity contribution < 1.29 is 19.1 Å². The number of amides is 2. The Kier molecular flexibility index (Phi) is 5.46. The van der Waals surface area contributed by atoms with Gasteiger partial charge >= 0.3 is 0 Å². The van der Waals surface area contributed by atoms with Crippen molar-refractivity contribution in [2.45, 2.75) is 31.4 Å². The van der Waals surface area contributed by atoms with Crippen LogP contribution in [0.2, 0.25) is 0 Å². The van der Waals surface area contributed by atoms with E-state index in [2.05, 4.69) is 10.2 Å². The average Bonchev–Trinajstić information content (AvgIpc) is 3.18. The highest BCUT2D eigenvalue weighted by Gasteiger charge is 2.37. The standard InChI is InChI=1S/C17H20N4O4S/c1-10(3-4-11-5-6-12-13(7-11)25-9-24-12)19-20-17(18)26-14-8-15(22)21(2)16(14)23/h5-7,14H,3-4,8-9H2,1-2H3,(H2,18,20)/b19-10-/t14-/m0/s1. The predicted molar refractivity (Wildman–Crippen MR) is 99.4 cm³/mol. The Morgan fingerprint density at radius 3 is 2.81 bits per heavy atom. The van der Waals surface area contributed by atoms with Crippen molar-refractivity contribution in [1.82, 2.24) is 4.90 Å². The smallest absolute Gasteiger partial charge is 0.243 e. The fourth-order valence-electron chi connectivity index (χ4n) is 2.59. The maximum absolute atomic E-state index is 11.8. The van der Waals surface area contributed by atoms with Gasteiger partial charge < -0.3 is 15.2 Å². The zero-order valence-corrected chi connectivity index (χ0v) is 15.4. The molecule has 9 heteroatoms. The fraction of sp³-hybridized carbons (Fsp3) is 0.412. The van der Waals surface area contributed by atoms with Gasteiger partial charge in [0, 0.05) is 19.2 Å². The number of ether oxygens (including phenoxy) is 2. The van der Waals surface area contributed by atoms with Crippen LogP contribution in [-0.4, -0.2) is 46.7 Å². The van der Waals surface area contributed by atoms with E-state index in [1.165, 1.54) is 7.05 Å². The summed E-state index contributed by atoms with van der Waals surface area (Å²) in [7, 11) is 1.47. The first-order chi connectivity index (χ1) is 12.4. The van der Waals surface area contributed by atoms with Gasteiger partial charge in [0.05, 0.1) is 0 Å². The summed E-state index contributed by atoms with van der Waals surface area (Å²) in [6, 6.07) is 5.85. The Hall–Kier alpha value is -2.55. The Bertz CT molecular complexity index is 793. The third-order valence-electron chi connectivity index (χ3n) is 4.13. The summed E-state index contributed by atoms with van der Waals surface area (Å²) in [4.78, 5) is 24.5. The molecule has 0 spiro atoms. The lowest BCUT2D eigenvalue weighted by atomic mass is 10.1. The number of likely N-dealkylation sites (tertiary alicyclic amines) is 1. The molecule has 2 aliphatic heterocycles. The zero-order valence-electron chi connectivity index (χ0n) is 14.6. The molecule has 26 heavy (non-hydrogen) atoms. The van der Waals surface area contributed by atoms with Crippen LogP contribution in [0.25, 0.3) is 0 Å². The molecule has 0 radical (unpaired) electrons. The summed E-state index contributed by atoms with van der Waals surface area (Å²) >= 11 is 1.07. The van der Waals surface area contributed by atoms with Crippen molar-refractivity contribution in [2.75, 3.05) is 13.8 Å². The Balaban J connectivity index is 1.52. The third-order valence-corrected chi connectivity index (χ3v) is 5.11. The van der Waals surface area contributed by atoms with Gasteiger partial charge in [0.25, 0.3) is 0 Å². The molecule has 0 unspecified atom stereocenters. The molecule has 0 saturated carbocycles. The number of rotatable bonds is 5. The van der Waals surface area contributed by atoms with E-state index < -0.39 is 5.25 Å². The largest absolute Gasteiger partial charge is 0.454 e. The van der Waals surface area contributed by atoms with E-state index in [4.69, 9.17) is 15.2 Å². The van der Waals surface area contributed by atoms with Gasteiger partial charge in [-0.1, -0.05) is 17.8 Å². The third kappa shape index (κ3) is 4.16. The number of benzene rings is 1. The van der Waals surface area contributed by atoms with Crippen LogP contribution in [0.5, 0.6) is 11.5 Å². The number of nitrogens with zero attached hydrogens (tertiary/aromatic N) is 3. The molecule has 2 amide bonds. The van der Waals surface area contributed by atoms with Gasteiger partial charge in [-0.05, 0) is 37.5 Å². The second kappa shape index (κ2) is 7.77. The van der Waals surface area contributed by atoms with Gasteiger partial charge in [0.15, 0.2) is 16.7 Å². The van der Waals surface area contributed by atoms with Crippen molar-refractivity contribution in [3.8, 4) is 11.5 Å². The number of amidine groups is 1. The lowest BCUT2D eigenvalue weighted by molar-refractivity contribution is -0.136. The monoisotopic (exact) mass is 376 g/mol. The number of thioether (sulfide) groups is 1. The highest BCUT2D eigenvalue weighted by molar-refractivity contribution is 8.14. The van der Waals surface area contributed by atoms with Crippen LogP contribution in [0, 0.1) is 0 Å². The molecule has 8 nitrogen and oxygen atoms in total. The van der Waals surface area contributed by atoms with Crippen molar-refractivity contribution >= 4 is 34.5 Å². The van der Waals surface area contributed by atoms with Crippen LogP contribution < -0.4 is 15.2 Å². The lowest BCUT2D eigenvalue weighted by Crippen LogP contribution is -2.27. The second-order valence-corrected chi connectivity index (χ2v) is 7.29. The summed E-state index contributed by atoms with van der Waals surface area (Å²) < 4.78 is 10.7. The maximum Gasteiger partial charge on any atom is 0.243 e. The van der Waals surface area contributed by atoms with Gasteiger partial charge in [0.1, 0.15) is 5.25 Å². The minimum atomic E-state index is -0.514. The van der Waals surface area contributed by atoms with Crippen LogP contribution in [-0.2, 0) is 16.0 Å². The predicted octanol–water partition coefficient (Wildman–Crippen LogP) is 1.53. The molecule has 1 fully saturated rings. The molecule has 3 rings (SSSR count). The number of imide groups is 1. The zero-order chi connectivity index (χ0) is 18.7. The van der Waals surface area contributed by atoms with Crippen molar-refractivity contribution in [1.29, 1.82) is 0 Å². The van der Waals surface area contributed by atoms with E-state index in [1.54, 1.807) is 0 Å². The molecule has 1 aromatic carbocycles. The van der Waals surface area contributed by atoms with Crippen molar-refractivity contribution in [3.63, 3.8) is 0 Å². The highest BCUT2D eigenvalue weighted by atomic mass is 32.2. The van der Waals surface area contributed by atoms with E-state index in [1.807, 2.05) is 25.1 Å².